The number of benzene rings is 7. The second kappa shape index (κ2) is 10.4. The molecule has 0 N–H and O–H groups in total. The van der Waals surface area contributed by atoms with Crippen molar-refractivity contribution in [1.82, 2.24) is 9.13 Å². The molecule has 214 valence electrons. The first-order valence-electron chi connectivity index (χ1n) is 15.5. The summed E-state index contributed by atoms with van der Waals surface area (Å²) in [5.41, 5.74) is 11.5. The van der Waals surface area contributed by atoms with Gasteiger partial charge in [-0.25, -0.2) is 4.85 Å². The Morgan fingerprint density at radius 2 is 0.826 bits per heavy atom. The van der Waals surface area contributed by atoms with Crippen molar-refractivity contribution in [2.24, 2.45) is 0 Å². The zero-order valence-corrected chi connectivity index (χ0v) is 24.9. The molecule has 0 amide bonds. The summed E-state index contributed by atoms with van der Waals surface area (Å²) in [5, 5.41) is 4.88. The van der Waals surface area contributed by atoms with Gasteiger partial charge in [-0.15, -0.1) is 0 Å². The quantitative estimate of drug-likeness (QED) is 0.182. The molecule has 46 heavy (non-hydrogen) atoms. The lowest BCUT2D eigenvalue weighted by atomic mass is 9.96. The third-order valence-corrected chi connectivity index (χ3v) is 9.11. The standard InChI is InChI=1S/C43H27N3/c1-44-39-24-23-32(45-40-19-9-5-15-34(40)35-16-6-10-20-41(35)45)28-38(39)31-25-30(29-13-3-2-4-14-29)26-33(27-31)46-42-21-11-7-17-36(42)37-18-8-12-22-43(37)46/h2-28H. The van der Waals surface area contributed by atoms with E-state index in [0.717, 1.165) is 55.7 Å². The first-order valence-corrected chi connectivity index (χ1v) is 15.5. The van der Waals surface area contributed by atoms with E-state index in [2.05, 4.69) is 166 Å². The minimum absolute atomic E-state index is 0.628. The van der Waals surface area contributed by atoms with Gasteiger partial charge in [-0.05, 0) is 76.9 Å². The molecule has 0 saturated heterocycles. The Labute approximate surface area is 266 Å². The van der Waals surface area contributed by atoms with E-state index in [0.29, 0.717) is 5.69 Å². The largest absolute Gasteiger partial charge is 0.309 e. The minimum Gasteiger partial charge on any atom is -0.309 e. The van der Waals surface area contributed by atoms with Crippen LogP contribution >= 0.6 is 0 Å². The van der Waals surface area contributed by atoms with Crippen LogP contribution in [0.15, 0.2) is 164 Å². The molecule has 2 heterocycles. The monoisotopic (exact) mass is 585 g/mol. The molecule has 0 aliphatic heterocycles. The summed E-state index contributed by atoms with van der Waals surface area (Å²) in [5.74, 6) is 0. The summed E-state index contributed by atoms with van der Waals surface area (Å²) in [6.07, 6.45) is 0. The molecule has 3 nitrogen and oxygen atoms in total. The van der Waals surface area contributed by atoms with Crippen molar-refractivity contribution in [3.8, 4) is 33.6 Å². The predicted octanol–water partition coefficient (Wildman–Crippen LogP) is 11.8. The Hall–Kier alpha value is -6.37. The Kier molecular flexibility index (Phi) is 5.88. The summed E-state index contributed by atoms with van der Waals surface area (Å²) in [6.45, 7) is 8.18. The second-order valence-corrected chi connectivity index (χ2v) is 11.7. The molecule has 0 fully saturated rings. The first kappa shape index (κ1) is 26.1. The van der Waals surface area contributed by atoms with Crippen LogP contribution in [0.1, 0.15) is 0 Å². The average Bonchev–Trinajstić information content (AvgIpc) is 3.65. The molecule has 2 aromatic heterocycles. The third kappa shape index (κ3) is 3.98. The highest BCUT2D eigenvalue weighted by Gasteiger charge is 2.17. The maximum absolute atomic E-state index is 8.18. The van der Waals surface area contributed by atoms with Gasteiger partial charge in [0.2, 0.25) is 0 Å². The molecular formula is C43H27N3. The van der Waals surface area contributed by atoms with E-state index in [9.17, 15) is 0 Å². The van der Waals surface area contributed by atoms with Crippen LogP contribution in [-0.4, -0.2) is 9.13 Å². The van der Waals surface area contributed by atoms with Crippen molar-refractivity contribution in [1.29, 1.82) is 0 Å². The summed E-state index contributed by atoms with van der Waals surface area (Å²) < 4.78 is 4.67. The maximum Gasteiger partial charge on any atom is 0.195 e. The van der Waals surface area contributed by atoms with Gasteiger partial charge in [0.05, 0.1) is 28.6 Å². The lowest BCUT2D eigenvalue weighted by Gasteiger charge is -2.16. The van der Waals surface area contributed by atoms with E-state index in [4.69, 9.17) is 6.57 Å². The summed E-state index contributed by atoms with van der Waals surface area (Å²) in [6, 6.07) is 57.8. The van der Waals surface area contributed by atoms with Crippen LogP contribution in [-0.2, 0) is 0 Å². The number of fused-ring (bicyclic) bond motifs is 6. The maximum atomic E-state index is 8.18. The predicted molar refractivity (Wildman–Crippen MR) is 192 cm³/mol. The molecule has 0 saturated carbocycles. The first-order chi connectivity index (χ1) is 22.8. The zero-order valence-electron chi connectivity index (χ0n) is 24.9. The van der Waals surface area contributed by atoms with Crippen LogP contribution in [0.4, 0.5) is 5.69 Å². The van der Waals surface area contributed by atoms with Crippen LogP contribution in [0.25, 0.3) is 82.1 Å². The van der Waals surface area contributed by atoms with Crippen molar-refractivity contribution < 1.29 is 0 Å². The van der Waals surface area contributed by atoms with Crippen LogP contribution in [0.2, 0.25) is 0 Å². The molecule has 9 aromatic rings. The van der Waals surface area contributed by atoms with Crippen LogP contribution in [0.5, 0.6) is 0 Å². The topological polar surface area (TPSA) is 14.2 Å². The fourth-order valence-corrected chi connectivity index (χ4v) is 7.09. The van der Waals surface area contributed by atoms with Gasteiger partial charge >= 0.3 is 0 Å². The van der Waals surface area contributed by atoms with E-state index < -0.39 is 0 Å². The van der Waals surface area contributed by atoms with Gasteiger partial charge < -0.3 is 9.13 Å². The van der Waals surface area contributed by atoms with Crippen LogP contribution in [0.3, 0.4) is 0 Å². The Balaban J connectivity index is 1.34. The number of hydrogen-bond donors (Lipinski definition) is 0. The molecule has 7 aromatic carbocycles. The van der Waals surface area contributed by atoms with Crippen molar-refractivity contribution in [2.75, 3.05) is 0 Å². The highest BCUT2D eigenvalue weighted by atomic mass is 15.0. The number of hydrogen-bond acceptors (Lipinski definition) is 0. The van der Waals surface area contributed by atoms with E-state index >= 15 is 0 Å². The van der Waals surface area contributed by atoms with E-state index in [-0.39, 0.29) is 0 Å². The lowest BCUT2D eigenvalue weighted by molar-refractivity contribution is 1.18. The molecule has 0 unspecified atom stereocenters. The third-order valence-electron chi connectivity index (χ3n) is 9.11. The van der Waals surface area contributed by atoms with E-state index in [1.807, 2.05) is 12.1 Å². The fraction of sp³-hybridized carbons (Fsp3) is 0. The molecule has 0 spiro atoms. The van der Waals surface area contributed by atoms with Crippen molar-refractivity contribution in [3.05, 3.63) is 175 Å². The molecule has 3 heteroatoms. The van der Waals surface area contributed by atoms with Gasteiger partial charge in [0.15, 0.2) is 5.69 Å². The molecule has 0 aliphatic rings. The highest BCUT2D eigenvalue weighted by molar-refractivity contribution is 6.10. The molecule has 0 radical (unpaired) electrons. The van der Waals surface area contributed by atoms with E-state index in [1.165, 1.54) is 21.5 Å². The Morgan fingerprint density at radius 1 is 0.370 bits per heavy atom. The van der Waals surface area contributed by atoms with Crippen LogP contribution in [0, 0.1) is 6.57 Å². The molecular weight excluding hydrogens is 558 g/mol. The number of rotatable bonds is 4. The van der Waals surface area contributed by atoms with E-state index in [1.54, 1.807) is 0 Å². The van der Waals surface area contributed by atoms with Crippen molar-refractivity contribution in [2.45, 2.75) is 0 Å². The Morgan fingerprint density at radius 3 is 1.35 bits per heavy atom. The van der Waals surface area contributed by atoms with Crippen molar-refractivity contribution in [3.63, 3.8) is 0 Å². The van der Waals surface area contributed by atoms with Crippen molar-refractivity contribution >= 4 is 49.3 Å². The fourth-order valence-electron chi connectivity index (χ4n) is 7.09. The minimum atomic E-state index is 0.628. The smallest absolute Gasteiger partial charge is 0.195 e. The SMILES string of the molecule is [C-]#[N+]c1ccc(-n2c3ccccc3c3ccccc32)cc1-c1cc(-c2ccccc2)cc(-n2c3ccccc3c3ccccc32)c1. The number of nitrogens with zero attached hydrogens (tertiary/aromatic N) is 3. The molecule has 0 bridgehead atoms. The summed E-state index contributed by atoms with van der Waals surface area (Å²) in [7, 11) is 0. The molecule has 0 atom stereocenters. The normalized spacial score (nSPS) is 11.5. The number of para-hydroxylation sites is 4. The van der Waals surface area contributed by atoms with Crippen LogP contribution < -0.4 is 0 Å². The number of aromatic nitrogens is 2. The summed E-state index contributed by atoms with van der Waals surface area (Å²) in [4.78, 5) is 4.02. The Bertz CT molecular complexity index is 2540. The molecule has 9 rings (SSSR count). The van der Waals surface area contributed by atoms with Gasteiger partial charge in [-0.2, -0.15) is 0 Å². The highest BCUT2D eigenvalue weighted by Crippen LogP contribution is 2.40. The average molecular weight is 586 g/mol. The van der Waals surface area contributed by atoms with Gasteiger partial charge in [-0.3, -0.25) is 0 Å². The van der Waals surface area contributed by atoms with Gasteiger partial charge in [-0.1, -0.05) is 109 Å². The zero-order chi connectivity index (χ0) is 30.6. The lowest BCUT2D eigenvalue weighted by Crippen LogP contribution is -1.97. The van der Waals surface area contributed by atoms with Gasteiger partial charge in [0.1, 0.15) is 0 Å². The molecule has 0 aliphatic carbocycles. The second-order valence-electron chi connectivity index (χ2n) is 11.7. The van der Waals surface area contributed by atoms with Gasteiger partial charge in [0.25, 0.3) is 0 Å². The summed E-state index contributed by atoms with van der Waals surface area (Å²) >= 11 is 0. The van der Waals surface area contributed by atoms with Gasteiger partial charge in [0, 0.05) is 32.9 Å².